The summed E-state index contributed by atoms with van der Waals surface area (Å²) in [4.78, 5) is 4.49. The number of nitrogens with zero attached hydrogens (tertiary/aromatic N) is 1. The van der Waals surface area contributed by atoms with E-state index in [0.29, 0.717) is 0 Å². The van der Waals surface area contributed by atoms with E-state index >= 15 is 0 Å². The topological polar surface area (TPSA) is 34.1 Å². The number of nitrogens with one attached hydrogen (secondary N) is 1. The van der Waals surface area contributed by atoms with Crippen LogP contribution in [0.5, 0.6) is 5.75 Å². The molecular formula is C13H18N2O. The third-order valence-electron chi connectivity index (χ3n) is 3.46. The van der Waals surface area contributed by atoms with Gasteiger partial charge in [-0.15, -0.1) is 0 Å². The fourth-order valence-corrected chi connectivity index (χ4v) is 1.98. The van der Waals surface area contributed by atoms with E-state index in [0.717, 1.165) is 18.2 Å². The molecule has 3 heteroatoms. The number of hydrogen-bond acceptors (Lipinski definition) is 3. The summed E-state index contributed by atoms with van der Waals surface area (Å²) < 4.78 is 5.81. The van der Waals surface area contributed by atoms with Gasteiger partial charge in [0.2, 0.25) is 0 Å². The maximum absolute atomic E-state index is 5.81. The van der Waals surface area contributed by atoms with E-state index in [4.69, 9.17) is 4.74 Å². The van der Waals surface area contributed by atoms with Crippen molar-refractivity contribution < 1.29 is 4.74 Å². The van der Waals surface area contributed by atoms with Crippen LogP contribution in [0, 0.1) is 0 Å². The van der Waals surface area contributed by atoms with Gasteiger partial charge in [0.1, 0.15) is 6.61 Å². The quantitative estimate of drug-likeness (QED) is 0.727. The molecule has 1 saturated carbocycles. The number of aromatic nitrogens is 1. The molecule has 0 atom stereocenters. The Morgan fingerprint density at radius 1 is 1.38 bits per heavy atom. The highest BCUT2D eigenvalue weighted by Crippen LogP contribution is 2.45. The normalized spacial score (nSPS) is 20.9. The second-order valence-electron chi connectivity index (χ2n) is 6.01. The van der Waals surface area contributed by atoms with E-state index in [1.165, 1.54) is 18.4 Å². The Morgan fingerprint density at radius 3 is 2.75 bits per heavy atom. The van der Waals surface area contributed by atoms with E-state index < -0.39 is 0 Å². The molecule has 1 N–H and O–H groups in total. The Bertz CT molecular complexity index is 430. The van der Waals surface area contributed by atoms with Gasteiger partial charge in [0.15, 0.2) is 11.6 Å². The van der Waals surface area contributed by atoms with Crippen molar-refractivity contribution in [3.8, 4) is 5.75 Å². The first-order valence-corrected chi connectivity index (χ1v) is 5.90. The molecule has 1 aliphatic heterocycles. The van der Waals surface area contributed by atoms with Gasteiger partial charge in [0.25, 0.3) is 0 Å². The van der Waals surface area contributed by atoms with Crippen molar-refractivity contribution in [1.29, 1.82) is 0 Å². The number of hydrogen-bond donors (Lipinski definition) is 1. The summed E-state index contributed by atoms with van der Waals surface area (Å²) in [6.45, 7) is 7.36. The summed E-state index contributed by atoms with van der Waals surface area (Å²) in [5.74, 6) is 1.82. The standard InChI is InChI=1S/C13H18N2O/c1-12(2,3)9-6-10-11(14-7-9)15-13(4-5-13)8-16-10/h6-7H,4-5,8H2,1-3H3,(H,14,15). The predicted molar refractivity (Wildman–Crippen MR) is 64.0 cm³/mol. The first-order valence-electron chi connectivity index (χ1n) is 5.90. The van der Waals surface area contributed by atoms with E-state index in [1.807, 2.05) is 6.20 Å². The summed E-state index contributed by atoms with van der Waals surface area (Å²) >= 11 is 0. The number of pyridine rings is 1. The molecule has 1 aromatic rings. The van der Waals surface area contributed by atoms with Crippen LogP contribution < -0.4 is 10.1 Å². The van der Waals surface area contributed by atoms with Gasteiger partial charge in [-0.3, -0.25) is 0 Å². The molecule has 1 aliphatic carbocycles. The SMILES string of the molecule is CC(C)(C)c1cnc2c(c1)OCC1(CC1)N2. The van der Waals surface area contributed by atoms with Crippen LogP contribution in [0.25, 0.3) is 0 Å². The highest BCUT2D eigenvalue weighted by molar-refractivity contribution is 5.56. The van der Waals surface area contributed by atoms with Gasteiger partial charge in [-0.2, -0.15) is 0 Å². The molecule has 3 rings (SSSR count). The van der Waals surface area contributed by atoms with Crippen molar-refractivity contribution in [3.63, 3.8) is 0 Å². The van der Waals surface area contributed by atoms with Gasteiger partial charge >= 0.3 is 0 Å². The minimum absolute atomic E-state index is 0.125. The summed E-state index contributed by atoms with van der Waals surface area (Å²) in [6, 6.07) is 2.12. The number of rotatable bonds is 0. The van der Waals surface area contributed by atoms with Crippen molar-refractivity contribution in [2.75, 3.05) is 11.9 Å². The maximum atomic E-state index is 5.81. The Morgan fingerprint density at radius 2 is 2.12 bits per heavy atom. The van der Waals surface area contributed by atoms with Crippen molar-refractivity contribution in [1.82, 2.24) is 4.98 Å². The van der Waals surface area contributed by atoms with Gasteiger partial charge in [-0.25, -0.2) is 4.98 Å². The lowest BCUT2D eigenvalue weighted by Gasteiger charge is -2.28. The van der Waals surface area contributed by atoms with Gasteiger partial charge in [-0.1, -0.05) is 20.8 Å². The second-order valence-corrected chi connectivity index (χ2v) is 6.01. The summed E-state index contributed by atoms with van der Waals surface area (Å²) in [7, 11) is 0. The molecule has 0 aromatic carbocycles. The number of ether oxygens (including phenoxy) is 1. The van der Waals surface area contributed by atoms with E-state index in [-0.39, 0.29) is 11.0 Å². The zero-order valence-corrected chi connectivity index (χ0v) is 10.1. The van der Waals surface area contributed by atoms with Gasteiger partial charge in [0.05, 0.1) is 5.54 Å². The van der Waals surface area contributed by atoms with Crippen LogP contribution in [0.4, 0.5) is 5.82 Å². The first-order chi connectivity index (χ1) is 7.49. The minimum Gasteiger partial charge on any atom is -0.487 e. The molecule has 2 heterocycles. The maximum Gasteiger partial charge on any atom is 0.169 e. The lowest BCUT2D eigenvalue weighted by molar-refractivity contribution is 0.273. The molecule has 0 unspecified atom stereocenters. The van der Waals surface area contributed by atoms with Crippen LogP contribution >= 0.6 is 0 Å². The van der Waals surface area contributed by atoms with E-state index in [1.54, 1.807) is 0 Å². The Hall–Kier alpha value is -1.25. The molecule has 1 aromatic heterocycles. The van der Waals surface area contributed by atoms with Gasteiger partial charge in [-0.05, 0) is 29.9 Å². The summed E-state index contributed by atoms with van der Waals surface area (Å²) in [5.41, 5.74) is 1.56. The van der Waals surface area contributed by atoms with E-state index in [9.17, 15) is 0 Å². The monoisotopic (exact) mass is 218 g/mol. The summed E-state index contributed by atoms with van der Waals surface area (Å²) in [6.07, 6.45) is 4.36. The molecule has 0 amide bonds. The molecule has 0 radical (unpaired) electrons. The van der Waals surface area contributed by atoms with Crippen molar-refractivity contribution in [2.24, 2.45) is 0 Å². The summed E-state index contributed by atoms with van der Waals surface area (Å²) in [5, 5.41) is 3.49. The first kappa shape index (κ1) is 9.94. The fourth-order valence-electron chi connectivity index (χ4n) is 1.98. The molecule has 86 valence electrons. The molecular weight excluding hydrogens is 200 g/mol. The Kier molecular flexibility index (Phi) is 1.80. The van der Waals surface area contributed by atoms with Gasteiger partial charge in [0, 0.05) is 6.20 Å². The molecule has 1 fully saturated rings. The van der Waals surface area contributed by atoms with Crippen LogP contribution in [0.3, 0.4) is 0 Å². The van der Waals surface area contributed by atoms with Crippen LogP contribution in [-0.4, -0.2) is 17.1 Å². The zero-order valence-electron chi connectivity index (χ0n) is 10.1. The fraction of sp³-hybridized carbons (Fsp3) is 0.615. The molecule has 3 nitrogen and oxygen atoms in total. The number of fused-ring (bicyclic) bond motifs is 1. The highest BCUT2D eigenvalue weighted by atomic mass is 16.5. The highest BCUT2D eigenvalue weighted by Gasteiger charge is 2.46. The van der Waals surface area contributed by atoms with Crippen LogP contribution in [0.1, 0.15) is 39.2 Å². The Balaban J connectivity index is 1.95. The lowest BCUT2D eigenvalue weighted by atomic mass is 9.88. The zero-order chi connectivity index (χ0) is 11.4. The second kappa shape index (κ2) is 2.90. The van der Waals surface area contributed by atoms with Crippen LogP contribution in [0.15, 0.2) is 12.3 Å². The predicted octanol–water partition coefficient (Wildman–Crippen LogP) is 2.72. The third kappa shape index (κ3) is 1.55. The molecule has 16 heavy (non-hydrogen) atoms. The van der Waals surface area contributed by atoms with Crippen molar-refractivity contribution in [2.45, 2.75) is 44.6 Å². The smallest absolute Gasteiger partial charge is 0.169 e. The molecule has 2 aliphatic rings. The van der Waals surface area contributed by atoms with Crippen molar-refractivity contribution >= 4 is 5.82 Å². The van der Waals surface area contributed by atoms with Crippen LogP contribution in [0.2, 0.25) is 0 Å². The van der Waals surface area contributed by atoms with Gasteiger partial charge < -0.3 is 10.1 Å². The molecule has 0 saturated heterocycles. The number of anilines is 1. The van der Waals surface area contributed by atoms with Crippen molar-refractivity contribution in [3.05, 3.63) is 17.8 Å². The molecule has 1 spiro atoms. The van der Waals surface area contributed by atoms with E-state index in [2.05, 4.69) is 37.1 Å². The average molecular weight is 218 g/mol. The third-order valence-corrected chi connectivity index (χ3v) is 3.46. The lowest BCUT2D eigenvalue weighted by Crippen LogP contribution is -2.34. The van der Waals surface area contributed by atoms with Crippen LogP contribution in [-0.2, 0) is 5.41 Å². The molecule has 0 bridgehead atoms. The average Bonchev–Trinajstić information content (AvgIpc) is 2.95. The Labute approximate surface area is 96.2 Å². The minimum atomic E-state index is 0.125. The largest absolute Gasteiger partial charge is 0.487 e.